The van der Waals surface area contributed by atoms with Gasteiger partial charge in [-0.05, 0) is 38.5 Å². The molecule has 6 heteroatoms. The second kappa shape index (κ2) is 6.38. The highest BCUT2D eigenvalue weighted by Gasteiger charge is 2.21. The predicted molar refractivity (Wildman–Crippen MR) is 72.0 cm³/mol. The van der Waals surface area contributed by atoms with Gasteiger partial charge in [-0.25, -0.2) is 4.79 Å². The summed E-state index contributed by atoms with van der Waals surface area (Å²) in [6.07, 6.45) is -1.20. The summed E-state index contributed by atoms with van der Waals surface area (Å²) in [7, 11) is 0. The molecule has 110 valence electrons. The molecule has 20 heavy (non-hydrogen) atoms. The Labute approximate surface area is 117 Å². The minimum Gasteiger partial charge on any atom is -0.508 e. The van der Waals surface area contributed by atoms with Crippen LogP contribution in [0.4, 0.5) is 4.79 Å². The number of carbonyl (C=O) groups is 2. The molecule has 0 bridgehead atoms. The standard InChI is InChI=1S/C14H19NO5/c1-14(2,3)20-13(18)19-12(17)8-11(15)9-4-6-10(16)7-5-9/h4-7,11,16H,8,15H2,1-3H3/t11-/m1/s1. The molecule has 0 spiro atoms. The molecule has 0 aliphatic rings. The lowest BCUT2D eigenvalue weighted by atomic mass is 10.0. The van der Waals surface area contributed by atoms with E-state index in [0.29, 0.717) is 5.56 Å². The van der Waals surface area contributed by atoms with Crippen LogP contribution in [0.15, 0.2) is 24.3 Å². The van der Waals surface area contributed by atoms with Crippen molar-refractivity contribution in [3.05, 3.63) is 29.8 Å². The fourth-order valence-electron chi connectivity index (χ4n) is 1.42. The zero-order valence-electron chi connectivity index (χ0n) is 11.8. The highest BCUT2D eigenvalue weighted by Crippen LogP contribution is 2.18. The first kappa shape index (κ1) is 16.0. The van der Waals surface area contributed by atoms with E-state index in [1.54, 1.807) is 32.9 Å². The molecule has 0 amide bonds. The van der Waals surface area contributed by atoms with Crippen molar-refractivity contribution in [3.8, 4) is 5.75 Å². The second-order valence-electron chi connectivity index (χ2n) is 5.34. The van der Waals surface area contributed by atoms with Crippen LogP contribution >= 0.6 is 0 Å². The number of hydrogen-bond donors (Lipinski definition) is 2. The molecule has 1 rings (SSSR count). The first-order valence-electron chi connectivity index (χ1n) is 6.15. The summed E-state index contributed by atoms with van der Waals surface area (Å²) in [5.74, 6) is -0.655. The molecule has 6 nitrogen and oxygen atoms in total. The molecule has 1 aromatic carbocycles. The van der Waals surface area contributed by atoms with Gasteiger partial charge in [0, 0.05) is 6.04 Å². The molecule has 0 saturated heterocycles. The number of aromatic hydroxyl groups is 1. The van der Waals surface area contributed by atoms with Gasteiger partial charge in [0.1, 0.15) is 11.4 Å². The summed E-state index contributed by atoms with van der Waals surface area (Å²) in [6, 6.07) is 5.51. The fraction of sp³-hybridized carbons (Fsp3) is 0.429. The van der Waals surface area contributed by atoms with Crippen molar-refractivity contribution in [3.63, 3.8) is 0 Å². The fourth-order valence-corrected chi connectivity index (χ4v) is 1.42. The van der Waals surface area contributed by atoms with Crippen molar-refractivity contribution >= 4 is 12.1 Å². The van der Waals surface area contributed by atoms with Gasteiger partial charge in [-0.3, -0.25) is 4.79 Å². The summed E-state index contributed by atoms with van der Waals surface area (Å²) in [5.41, 5.74) is 5.75. The van der Waals surface area contributed by atoms with Crippen molar-refractivity contribution in [1.29, 1.82) is 0 Å². The minimum absolute atomic E-state index is 0.109. The summed E-state index contributed by atoms with van der Waals surface area (Å²) >= 11 is 0. The topological polar surface area (TPSA) is 98.9 Å². The van der Waals surface area contributed by atoms with Crippen LogP contribution in [-0.2, 0) is 14.3 Å². The van der Waals surface area contributed by atoms with Crippen LogP contribution < -0.4 is 5.73 Å². The Kier molecular flexibility index (Phi) is 5.10. The highest BCUT2D eigenvalue weighted by molar-refractivity contribution is 5.82. The number of nitrogens with two attached hydrogens (primary N) is 1. The van der Waals surface area contributed by atoms with E-state index in [4.69, 9.17) is 15.6 Å². The van der Waals surface area contributed by atoms with E-state index in [2.05, 4.69) is 4.74 Å². The van der Waals surface area contributed by atoms with Gasteiger partial charge in [-0.15, -0.1) is 0 Å². The molecule has 1 atom stereocenters. The highest BCUT2D eigenvalue weighted by atomic mass is 16.7. The number of hydrogen-bond acceptors (Lipinski definition) is 6. The second-order valence-corrected chi connectivity index (χ2v) is 5.34. The zero-order valence-corrected chi connectivity index (χ0v) is 11.8. The van der Waals surface area contributed by atoms with Crippen LogP contribution in [0.25, 0.3) is 0 Å². The van der Waals surface area contributed by atoms with Gasteiger partial charge in [0.2, 0.25) is 0 Å². The third kappa shape index (κ3) is 5.71. The van der Waals surface area contributed by atoms with E-state index in [9.17, 15) is 9.59 Å². The summed E-state index contributed by atoms with van der Waals surface area (Å²) in [5, 5.41) is 9.15. The molecule has 1 aromatic rings. The lowest BCUT2D eigenvalue weighted by Gasteiger charge is -2.18. The normalized spacial score (nSPS) is 12.6. The van der Waals surface area contributed by atoms with Crippen LogP contribution in [-0.4, -0.2) is 22.8 Å². The molecule has 0 radical (unpaired) electrons. The largest absolute Gasteiger partial charge is 0.516 e. The molecule has 0 aliphatic heterocycles. The van der Waals surface area contributed by atoms with Crippen molar-refractivity contribution < 1.29 is 24.2 Å². The van der Waals surface area contributed by atoms with E-state index >= 15 is 0 Å². The molecule has 0 aromatic heterocycles. The van der Waals surface area contributed by atoms with E-state index in [1.165, 1.54) is 12.1 Å². The lowest BCUT2D eigenvalue weighted by Crippen LogP contribution is -2.27. The third-order valence-corrected chi connectivity index (χ3v) is 2.29. The average Bonchev–Trinajstić information content (AvgIpc) is 2.26. The number of phenols is 1. The van der Waals surface area contributed by atoms with E-state index in [1.807, 2.05) is 0 Å². The number of phenolic OH excluding ortho intramolecular Hbond substituents is 1. The molecule has 3 N–H and O–H groups in total. The average molecular weight is 281 g/mol. The van der Waals surface area contributed by atoms with Crippen molar-refractivity contribution in [2.24, 2.45) is 5.73 Å². The van der Waals surface area contributed by atoms with Gasteiger partial charge in [0.25, 0.3) is 0 Å². The van der Waals surface area contributed by atoms with Gasteiger partial charge < -0.3 is 20.3 Å². The van der Waals surface area contributed by atoms with Crippen molar-refractivity contribution in [2.75, 3.05) is 0 Å². The Balaban J connectivity index is 2.50. The third-order valence-electron chi connectivity index (χ3n) is 2.29. The van der Waals surface area contributed by atoms with Crippen molar-refractivity contribution in [2.45, 2.75) is 38.8 Å². The van der Waals surface area contributed by atoms with Crippen LogP contribution in [0.2, 0.25) is 0 Å². The van der Waals surface area contributed by atoms with Crippen LogP contribution in [0.5, 0.6) is 5.75 Å². The molecule has 0 heterocycles. The van der Waals surface area contributed by atoms with Gasteiger partial charge >= 0.3 is 12.1 Å². The first-order valence-corrected chi connectivity index (χ1v) is 6.15. The van der Waals surface area contributed by atoms with Crippen LogP contribution in [0.3, 0.4) is 0 Å². The number of rotatable bonds is 3. The molecule has 0 fully saturated rings. The van der Waals surface area contributed by atoms with Crippen LogP contribution in [0, 0.1) is 0 Å². The maximum absolute atomic E-state index is 11.5. The summed E-state index contributed by atoms with van der Waals surface area (Å²) in [4.78, 5) is 22.8. The Morgan fingerprint density at radius 2 is 1.80 bits per heavy atom. The Morgan fingerprint density at radius 3 is 2.30 bits per heavy atom. The number of esters is 1. The van der Waals surface area contributed by atoms with Gasteiger partial charge in [0.05, 0.1) is 6.42 Å². The van der Waals surface area contributed by atoms with Crippen molar-refractivity contribution in [1.82, 2.24) is 0 Å². The molecule has 0 saturated carbocycles. The Morgan fingerprint density at radius 1 is 1.25 bits per heavy atom. The van der Waals surface area contributed by atoms with E-state index in [0.717, 1.165) is 0 Å². The summed E-state index contributed by atoms with van der Waals surface area (Å²) in [6.45, 7) is 5.00. The minimum atomic E-state index is -1.04. The Hall–Kier alpha value is -2.08. The zero-order chi connectivity index (χ0) is 15.3. The molecular formula is C14H19NO5. The van der Waals surface area contributed by atoms with E-state index in [-0.39, 0.29) is 12.2 Å². The monoisotopic (exact) mass is 281 g/mol. The number of ether oxygens (including phenoxy) is 2. The van der Waals surface area contributed by atoms with Gasteiger partial charge in [-0.1, -0.05) is 12.1 Å². The maximum Gasteiger partial charge on any atom is 0.516 e. The molecular weight excluding hydrogens is 262 g/mol. The number of carbonyl (C=O) groups excluding carboxylic acids is 2. The number of benzene rings is 1. The lowest BCUT2D eigenvalue weighted by molar-refractivity contribution is -0.141. The molecule has 0 unspecified atom stereocenters. The van der Waals surface area contributed by atoms with E-state index < -0.39 is 23.8 Å². The first-order chi connectivity index (χ1) is 9.17. The maximum atomic E-state index is 11.5. The summed E-state index contributed by atoms with van der Waals surface area (Å²) < 4.78 is 9.37. The predicted octanol–water partition coefficient (Wildman–Crippen LogP) is 2.26. The quantitative estimate of drug-likeness (QED) is 0.651. The molecule has 0 aliphatic carbocycles. The Bertz CT molecular complexity index is 475. The van der Waals surface area contributed by atoms with Gasteiger partial charge in [-0.2, -0.15) is 0 Å². The smallest absolute Gasteiger partial charge is 0.508 e. The van der Waals surface area contributed by atoms with Gasteiger partial charge in [0.15, 0.2) is 0 Å². The van der Waals surface area contributed by atoms with Crippen LogP contribution in [0.1, 0.15) is 38.8 Å². The SMILES string of the molecule is CC(C)(C)OC(=O)OC(=O)C[C@@H](N)c1ccc(O)cc1.